The lowest BCUT2D eigenvalue weighted by Crippen LogP contribution is -2.45. The van der Waals surface area contributed by atoms with Crippen LogP contribution in [0.2, 0.25) is 0 Å². The molecule has 0 aromatic rings. The molecule has 0 aromatic heterocycles. The van der Waals surface area contributed by atoms with Crippen molar-refractivity contribution < 1.29 is 5.64 Å². The fourth-order valence-corrected chi connectivity index (χ4v) is 2.60. The Morgan fingerprint density at radius 1 is 1.46 bits per heavy atom. The van der Waals surface area contributed by atoms with E-state index in [0.717, 1.165) is 13.0 Å². The van der Waals surface area contributed by atoms with Crippen LogP contribution in [0.3, 0.4) is 0 Å². The molecule has 1 aliphatic rings. The molecule has 3 nitrogen and oxygen atoms in total. The highest BCUT2D eigenvalue weighted by molar-refractivity contribution is 7.92. The predicted octanol–water partition coefficient (Wildman–Crippen LogP) is 1.35. The average Bonchev–Trinajstić information content (AvgIpc) is 1.94. The van der Waals surface area contributed by atoms with Crippen LogP contribution in [0.15, 0.2) is 4.36 Å². The molecule has 3 atom stereocenters. The van der Waals surface area contributed by atoms with E-state index in [9.17, 15) is 4.21 Å². The summed E-state index contributed by atoms with van der Waals surface area (Å²) in [6, 6.07) is 0.600. The minimum absolute atomic E-state index is 0. The largest absolute Gasteiger partial charge is 0.312 e. The summed E-state index contributed by atoms with van der Waals surface area (Å²) in [5.41, 5.74) is 0. The minimum Gasteiger partial charge on any atom is -0.312 e. The molecule has 0 radical (unpaired) electrons. The van der Waals surface area contributed by atoms with Crippen LogP contribution < -0.4 is 5.32 Å². The number of piperidine rings is 1. The lowest BCUT2D eigenvalue weighted by atomic mass is 9.93. The van der Waals surface area contributed by atoms with Gasteiger partial charge >= 0.3 is 0 Å². The van der Waals surface area contributed by atoms with Crippen molar-refractivity contribution in [3.05, 3.63) is 0 Å². The molecule has 0 aromatic carbocycles. The lowest BCUT2D eigenvalue weighted by molar-refractivity contribution is 0.304. The second-order valence-corrected chi connectivity index (χ2v) is 6.97. The molecule has 1 heterocycles. The zero-order chi connectivity index (χ0) is 10.1. The molecule has 0 aliphatic carbocycles. The first-order valence-electron chi connectivity index (χ1n) is 4.78. The SMILES string of the molecule is CC1CNC(C)C(N=S(C)(C)=O)C1.[HH]. The van der Waals surface area contributed by atoms with Gasteiger partial charge in [-0.1, -0.05) is 6.92 Å². The number of nitrogens with one attached hydrogen (secondary N) is 1. The van der Waals surface area contributed by atoms with Crippen molar-refractivity contribution in [1.82, 2.24) is 5.32 Å². The molecule has 0 bridgehead atoms. The van der Waals surface area contributed by atoms with Gasteiger partial charge in [0.05, 0.1) is 6.04 Å². The van der Waals surface area contributed by atoms with E-state index in [0.29, 0.717) is 12.0 Å². The van der Waals surface area contributed by atoms with Crippen LogP contribution in [-0.4, -0.2) is 35.3 Å². The number of hydrogen-bond donors (Lipinski definition) is 1. The highest BCUT2D eigenvalue weighted by Crippen LogP contribution is 2.18. The van der Waals surface area contributed by atoms with Crippen molar-refractivity contribution in [3.63, 3.8) is 0 Å². The van der Waals surface area contributed by atoms with E-state index in [2.05, 4.69) is 23.5 Å². The van der Waals surface area contributed by atoms with Gasteiger partial charge in [-0.3, -0.25) is 4.21 Å². The molecule has 13 heavy (non-hydrogen) atoms. The third-order valence-electron chi connectivity index (χ3n) is 2.40. The normalized spacial score (nSPS) is 35.8. The van der Waals surface area contributed by atoms with E-state index in [-0.39, 0.29) is 7.47 Å². The van der Waals surface area contributed by atoms with E-state index >= 15 is 0 Å². The maximum Gasteiger partial charge on any atom is 0.0747 e. The summed E-state index contributed by atoms with van der Waals surface area (Å²) >= 11 is 0. The Morgan fingerprint density at radius 3 is 2.62 bits per heavy atom. The fourth-order valence-electron chi connectivity index (χ4n) is 1.68. The third kappa shape index (κ3) is 3.65. The van der Waals surface area contributed by atoms with Crippen LogP contribution in [0.1, 0.15) is 21.7 Å². The van der Waals surface area contributed by atoms with Crippen molar-refractivity contribution in [1.29, 1.82) is 0 Å². The summed E-state index contributed by atoms with van der Waals surface area (Å²) in [6.45, 7) is 5.38. The van der Waals surface area contributed by atoms with Crippen LogP contribution in [0, 0.1) is 5.92 Å². The highest BCUT2D eigenvalue weighted by Gasteiger charge is 2.24. The van der Waals surface area contributed by atoms with Crippen molar-refractivity contribution in [3.8, 4) is 0 Å². The quantitative estimate of drug-likeness (QED) is 0.703. The van der Waals surface area contributed by atoms with Crippen LogP contribution in [-0.2, 0) is 9.73 Å². The average molecular weight is 206 g/mol. The van der Waals surface area contributed by atoms with Gasteiger partial charge in [-0.05, 0) is 25.8 Å². The number of rotatable bonds is 1. The molecule has 0 saturated carbocycles. The van der Waals surface area contributed by atoms with Crippen LogP contribution in [0.4, 0.5) is 0 Å². The molecule has 0 amide bonds. The second-order valence-electron chi connectivity index (χ2n) is 4.39. The van der Waals surface area contributed by atoms with Gasteiger partial charge in [-0.25, -0.2) is 4.36 Å². The first kappa shape index (κ1) is 11.0. The minimum atomic E-state index is -1.95. The maximum absolute atomic E-state index is 11.5. The van der Waals surface area contributed by atoms with Gasteiger partial charge in [0, 0.05) is 29.7 Å². The molecule has 1 saturated heterocycles. The monoisotopic (exact) mass is 206 g/mol. The van der Waals surface area contributed by atoms with Gasteiger partial charge in [0.15, 0.2) is 0 Å². The molecule has 1 N–H and O–H groups in total. The van der Waals surface area contributed by atoms with E-state index in [1.54, 1.807) is 12.5 Å². The summed E-state index contributed by atoms with van der Waals surface area (Å²) in [6.07, 6.45) is 4.48. The van der Waals surface area contributed by atoms with E-state index in [1.165, 1.54) is 0 Å². The van der Waals surface area contributed by atoms with Crippen molar-refractivity contribution in [2.75, 3.05) is 19.1 Å². The summed E-state index contributed by atoms with van der Waals surface area (Å²) in [7, 11) is -1.95. The molecule has 1 fully saturated rings. The first-order valence-corrected chi connectivity index (χ1v) is 7.11. The Labute approximate surface area is 83.0 Å². The number of hydrogen-bond acceptors (Lipinski definition) is 3. The molecule has 0 spiro atoms. The van der Waals surface area contributed by atoms with Gasteiger partial charge < -0.3 is 5.32 Å². The molecule has 1 aliphatic heterocycles. The van der Waals surface area contributed by atoms with Gasteiger partial charge in [0.25, 0.3) is 0 Å². The summed E-state index contributed by atoms with van der Waals surface area (Å²) in [5, 5.41) is 3.39. The van der Waals surface area contributed by atoms with Gasteiger partial charge in [-0.2, -0.15) is 0 Å². The van der Waals surface area contributed by atoms with E-state index in [4.69, 9.17) is 0 Å². The van der Waals surface area contributed by atoms with Crippen molar-refractivity contribution >= 4 is 9.73 Å². The summed E-state index contributed by atoms with van der Waals surface area (Å²) < 4.78 is 15.9. The Kier molecular flexibility index (Phi) is 3.35. The zero-order valence-electron chi connectivity index (χ0n) is 8.91. The molecular weight excluding hydrogens is 184 g/mol. The molecule has 4 heteroatoms. The van der Waals surface area contributed by atoms with E-state index in [1.807, 2.05) is 0 Å². The molecule has 80 valence electrons. The molecule has 3 unspecified atom stereocenters. The fraction of sp³-hybridized carbons (Fsp3) is 1.00. The highest BCUT2D eigenvalue weighted by atomic mass is 32.2. The topological polar surface area (TPSA) is 41.5 Å². The first-order chi connectivity index (χ1) is 5.88. The Hall–Kier alpha value is -0.0900. The maximum atomic E-state index is 11.5. The smallest absolute Gasteiger partial charge is 0.0747 e. The van der Waals surface area contributed by atoms with Gasteiger partial charge in [0.2, 0.25) is 0 Å². The lowest BCUT2D eigenvalue weighted by Gasteiger charge is -2.31. The predicted molar refractivity (Wildman–Crippen MR) is 59.6 cm³/mol. The van der Waals surface area contributed by atoms with Crippen LogP contribution >= 0.6 is 0 Å². The van der Waals surface area contributed by atoms with E-state index < -0.39 is 9.73 Å². The zero-order valence-corrected chi connectivity index (χ0v) is 9.73. The Bertz CT molecular complexity index is 279. The number of nitrogens with zero attached hydrogens (tertiary/aromatic N) is 1. The summed E-state index contributed by atoms with van der Waals surface area (Å²) in [5.74, 6) is 0.645. The van der Waals surface area contributed by atoms with Crippen molar-refractivity contribution in [2.24, 2.45) is 10.3 Å². The Balaban J connectivity index is 0.00000169. The van der Waals surface area contributed by atoms with Crippen LogP contribution in [0.5, 0.6) is 0 Å². The molecular formula is C9H22N2OS. The van der Waals surface area contributed by atoms with Gasteiger partial charge in [0.1, 0.15) is 0 Å². The van der Waals surface area contributed by atoms with Crippen molar-refractivity contribution in [2.45, 2.75) is 32.4 Å². The second kappa shape index (κ2) is 3.96. The third-order valence-corrected chi connectivity index (χ3v) is 3.18. The Morgan fingerprint density at radius 2 is 2.08 bits per heavy atom. The standard InChI is InChI=1S/C9H20N2OS.H2/c1-7-5-9(8(2)10-6-7)11-13(3,4)12;/h7-10H,5-6H2,1-4H3;1H. The van der Waals surface area contributed by atoms with Crippen LogP contribution in [0.25, 0.3) is 0 Å². The molecule has 1 rings (SSSR count). The van der Waals surface area contributed by atoms with Gasteiger partial charge in [-0.15, -0.1) is 0 Å². The summed E-state index contributed by atoms with van der Waals surface area (Å²) in [4.78, 5) is 0.